The van der Waals surface area contributed by atoms with Crippen LogP contribution >= 0.6 is 15.9 Å². The van der Waals surface area contributed by atoms with Crippen molar-refractivity contribution in [3.05, 3.63) is 34.1 Å². The van der Waals surface area contributed by atoms with Crippen LogP contribution in [0.4, 0.5) is 4.39 Å². The highest BCUT2D eigenvalue weighted by Crippen LogP contribution is 2.22. The van der Waals surface area contributed by atoms with Crippen LogP contribution in [0.15, 0.2) is 22.7 Å². The maximum Gasteiger partial charge on any atom is 0.322 e. The van der Waals surface area contributed by atoms with Crippen molar-refractivity contribution in [1.82, 2.24) is 0 Å². The zero-order valence-electron chi connectivity index (χ0n) is 10.4. The van der Waals surface area contributed by atoms with Gasteiger partial charge in [0.05, 0.1) is 5.75 Å². The number of halogens is 2. The fourth-order valence-corrected chi connectivity index (χ4v) is 4.19. The first kappa shape index (κ1) is 16.1. The molecule has 0 heterocycles. The molecule has 4 nitrogen and oxygen atoms in total. The van der Waals surface area contributed by atoms with E-state index in [1.807, 2.05) is 0 Å². The van der Waals surface area contributed by atoms with E-state index in [1.165, 1.54) is 26.0 Å². The zero-order valence-corrected chi connectivity index (χ0v) is 12.8. The van der Waals surface area contributed by atoms with Gasteiger partial charge < -0.3 is 5.11 Å². The Bertz CT molecular complexity index is 583. The Morgan fingerprint density at radius 3 is 2.47 bits per heavy atom. The predicted molar refractivity (Wildman–Crippen MR) is 73.0 cm³/mol. The molecule has 0 aliphatic heterocycles. The molecule has 106 valence electrons. The second kappa shape index (κ2) is 6.00. The molecule has 0 bridgehead atoms. The quantitative estimate of drug-likeness (QED) is 0.883. The van der Waals surface area contributed by atoms with Crippen LogP contribution < -0.4 is 0 Å². The van der Waals surface area contributed by atoms with Crippen LogP contribution in [0.5, 0.6) is 0 Å². The summed E-state index contributed by atoms with van der Waals surface area (Å²) in [6.07, 6.45) is 0. The molecule has 1 aromatic rings. The molecular formula is C12H14BrFO4S. The first-order valence-corrected chi connectivity index (χ1v) is 8.04. The molecule has 0 fully saturated rings. The van der Waals surface area contributed by atoms with Gasteiger partial charge in [-0.05, 0) is 24.1 Å². The number of carbonyl (C=O) groups is 1. The Balaban J connectivity index is 3.15. The predicted octanol–water partition coefficient (Wildman–Crippen LogP) is 2.61. The van der Waals surface area contributed by atoms with Crippen LogP contribution in [0.25, 0.3) is 0 Å². The molecule has 1 N–H and O–H groups in total. The van der Waals surface area contributed by atoms with E-state index in [9.17, 15) is 17.6 Å². The molecule has 0 saturated carbocycles. The van der Waals surface area contributed by atoms with E-state index >= 15 is 0 Å². The van der Waals surface area contributed by atoms with E-state index in [1.54, 1.807) is 0 Å². The second-order valence-corrected chi connectivity index (χ2v) is 7.58. The van der Waals surface area contributed by atoms with Gasteiger partial charge in [-0.2, -0.15) is 0 Å². The van der Waals surface area contributed by atoms with Gasteiger partial charge in [0, 0.05) is 10.0 Å². The highest BCUT2D eigenvalue weighted by atomic mass is 79.9. The Morgan fingerprint density at radius 2 is 2.00 bits per heavy atom. The van der Waals surface area contributed by atoms with Gasteiger partial charge >= 0.3 is 5.97 Å². The van der Waals surface area contributed by atoms with Gasteiger partial charge in [0.25, 0.3) is 0 Å². The average molecular weight is 353 g/mol. The summed E-state index contributed by atoms with van der Waals surface area (Å²) in [6, 6.07) is 3.93. The van der Waals surface area contributed by atoms with E-state index in [0.29, 0.717) is 4.47 Å². The summed E-state index contributed by atoms with van der Waals surface area (Å²) >= 11 is 3.12. The molecule has 1 unspecified atom stereocenters. The maximum absolute atomic E-state index is 13.5. The SMILES string of the molecule is CC(C)C(C(=O)O)S(=O)(=O)Cc1cc(Br)ccc1F. The first-order valence-electron chi connectivity index (χ1n) is 5.53. The van der Waals surface area contributed by atoms with Crippen LogP contribution in [0.1, 0.15) is 19.4 Å². The standard InChI is InChI=1S/C12H14BrFO4S/c1-7(2)11(12(15)16)19(17,18)6-8-5-9(13)3-4-10(8)14/h3-5,7,11H,6H2,1-2H3,(H,15,16). The molecule has 7 heteroatoms. The van der Waals surface area contributed by atoms with E-state index in [4.69, 9.17) is 5.11 Å². The molecule has 0 aliphatic rings. The maximum atomic E-state index is 13.5. The van der Waals surface area contributed by atoms with Gasteiger partial charge in [0.15, 0.2) is 15.1 Å². The summed E-state index contributed by atoms with van der Waals surface area (Å²) < 4.78 is 38.2. The fraction of sp³-hybridized carbons (Fsp3) is 0.417. The average Bonchev–Trinajstić information content (AvgIpc) is 2.21. The topological polar surface area (TPSA) is 71.4 Å². The van der Waals surface area contributed by atoms with E-state index in [-0.39, 0.29) is 5.56 Å². The minimum atomic E-state index is -3.97. The van der Waals surface area contributed by atoms with E-state index < -0.39 is 38.5 Å². The van der Waals surface area contributed by atoms with Gasteiger partial charge in [-0.25, -0.2) is 12.8 Å². The minimum Gasteiger partial charge on any atom is -0.480 e. The summed E-state index contributed by atoms with van der Waals surface area (Å²) in [5.74, 6) is -3.30. The van der Waals surface area contributed by atoms with Crippen molar-refractivity contribution in [2.75, 3.05) is 0 Å². The molecule has 0 amide bonds. The van der Waals surface area contributed by atoms with Crippen molar-refractivity contribution in [3.8, 4) is 0 Å². The summed E-state index contributed by atoms with van der Waals surface area (Å²) in [5, 5.41) is 7.46. The molecule has 1 aromatic carbocycles. The third-order valence-corrected chi connectivity index (χ3v) is 5.33. The number of hydrogen-bond acceptors (Lipinski definition) is 3. The smallest absolute Gasteiger partial charge is 0.322 e. The Kier molecular flexibility index (Phi) is 5.09. The number of hydrogen-bond donors (Lipinski definition) is 1. The molecule has 1 rings (SSSR count). The van der Waals surface area contributed by atoms with Crippen molar-refractivity contribution in [2.45, 2.75) is 24.9 Å². The molecule has 1 atom stereocenters. The number of aliphatic carboxylic acids is 1. The number of sulfone groups is 1. The van der Waals surface area contributed by atoms with Crippen molar-refractivity contribution >= 4 is 31.7 Å². The molecular weight excluding hydrogens is 339 g/mol. The highest BCUT2D eigenvalue weighted by molar-refractivity contribution is 9.10. The number of carboxylic acids is 1. The Morgan fingerprint density at radius 1 is 1.42 bits per heavy atom. The summed E-state index contributed by atoms with van der Waals surface area (Å²) in [5.41, 5.74) is -0.0405. The normalized spacial score (nSPS) is 13.5. The van der Waals surface area contributed by atoms with Crippen LogP contribution in [0.2, 0.25) is 0 Å². The number of rotatable bonds is 5. The van der Waals surface area contributed by atoms with Gasteiger partial charge in [0.2, 0.25) is 0 Å². The van der Waals surface area contributed by atoms with Crippen LogP contribution in [0, 0.1) is 11.7 Å². The van der Waals surface area contributed by atoms with Crippen LogP contribution in [-0.4, -0.2) is 24.7 Å². The Hall–Kier alpha value is -0.950. The summed E-state index contributed by atoms with van der Waals surface area (Å²) in [6.45, 7) is 3.02. The molecule has 0 aromatic heterocycles. The first-order chi connectivity index (χ1) is 8.65. The monoisotopic (exact) mass is 352 g/mol. The van der Waals surface area contributed by atoms with Gasteiger partial charge in [-0.3, -0.25) is 4.79 Å². The minimum absolute atomic E-state index is 0.0405. The van der Waals surface area contributed by atoms with Gasteiger partial charge in [-0.15, -0.1) is 0 Å². The number of carboxylic acid groups (broad SMARTS) is 1. The second-order valence-electron chi connectivity index (χ2n) is 4.55. The third-order valence-electron chi connectivity index (χ3n) is 2.60. The highest BCUT2D eigenvalue weighted by Gasteiger charge is 2.35. The molecule has 0 saturated heterocycles. The van der Waals surface area contributed by atoms with Crippen LogP contribution in [-0.2, 0) is 20.4 Å². The van der Waals surface area contributed by atoms with Crippen molar-refractivity contribution in [1.29, 1.82) is 0 Å². The number of benzene rings is 1. The van der Waals surface area contributed by atoms with Crippen molar-refractivity contribution < 1.29 is 22.7 Å². The molecule has 0 spiro atoms. The lowest BCUT2D eigenvalue weighted by Crippen LogP contribution is -2.35. The molecule has 19 heavy (non-hydrogen) atoms. The fourth-order valence-electron chi connectivity index (χ4n) is 1.81. The van der Waals surface area contributed by atoms with Crippen LogP contribution in [0.3, 0.4) is 0 Å². The lowest BCUT2D eigenvalue weighted by Gasteiger charge is -2.17. The zero-order chi connectivity index (χ0) is 14.8. The summed E-state index contributed by atoms with van der Waals surface area (Å²) in [4.78, 5) is 11.0. The lowest BCUT2D eigenvalue weighted by molar-refractivity contribution is -0.137. The van der Waals surface area contributed by atoms with E-state index in [2.05, 4.69) is 15.9 Å². The van der Waals surface area contributed by atoms with Gasteiger partial charge in [0.1, 0.15) is 5.82 Å². The molecule has 0 radical (unpaired) electrons. The largest absolute Gasteiger partial charge is 0.480 e. The third kappa shape index (κ3) is 4.01. The van der Waals surface area contributed by atoms with E-state index in [0.717, 1.165) is 6.07 Å². The van der Waals surface area contributed by atoms with Crippen molar-refractivity contribution in [2.24, 2.45) is 5.92 Å². The summed E-state index contributed by atoms with van der Waals surface area (Å²) in [7, 11) is -3.97. The lowest BCUT2D eigenvalue weighted by atomic mass is 10.1. The van der Waals surface area contributed by atoms with Crippen molar-refractivity contribution in [3.63, 3.8) is 0 Å². The van der Waals surface area contributed by atoms with Gasteiger partial charge in [-0.1, -0.05) is 29.8 Å². The Labute approximate surface area is 119 Å². The molecule has 0 aliphatic carbocycles.